The van der Waals surface area contributed by atoms with Crippen LogP contribution in [0.1, 0.15) is 45.4 Å². The van der Waals surface area contributed by atoms with Crippen molar-refractivity contribution in [1.29, 1.82) is 0 Å². The predicted molar refractivity (Wildman–Crippen MR) is 121 cm³/mol. The zero-order valence-corrected chi connectivity index (χ0v) is 18.4. The van der Waals surface area contributed by atoms with Crippen LogP contribution in [0.2, 0.25) is 0 Å². The third kappa shape index (κ3) is 4.66. The Morgan fingerprint density at radius 2 is 2.06 bits per heavy atom. The van der Waals surface area contributed by atoms with Gasteiger partial charge in [0.05, 0.1) is 17.2 Å². The molecule has 3 heterocycles. The highest BCUT2D eigenvalue weighted by atomic mass is 16.5. The number of nitrogens with zero attached hydrogens (tertiary/aromatic N) is 4. The van der Waals surface area contributed by atoms with Crippen LogP contribution < -0.4 is 10.1 Å². The van der Waals surface area contributed by atoms with Crippen LogP contribution in [0, 0.1) is 5.92 Å². The standard InChI is InChI=1S/C24H31N5O2/c1-16-5-9-19(10-6-16)26-24-25-13-21(23(27-24)31-15-20-4-3-11-30-20)17-7-8-18-14-29(2)28-22(18)12-17/h7-8,12-14,16,19-20H,3-6,9-11,15H2,1-2H3,(H,25,26,27)/t16?,19?,20-/m1/s1. The maximum Gasteiger partial charge on any atom is 0.226 e. The van der Waals surface area contributed by atoms with Crippen molar-refractivity contribution < 1.29 is 9.47 Å². The van der Waals surface area contributed by atoms with E-state index in [1.54, 1.807) is 0 Å². The Morgan fingerprint density at radius 3 is 2.87 bits per heavy atom. The van der Waals surface area contributed by atoms with Crippen molar-refractivity contribution in [1.82, 2.24) is 19.7 Å². The normalized spacial score (nSPS) is 23.9. The third-order valence-corrected chi connectivity index (χ3v) is 6.47. The van der Waals surface area contributed by atoms with Crippen molar-refractivity contribution >= 4 is 16.9 Å². The molecule has 1 aromatic carbocycles. The lowest BCUT2D eigenvalue weighted by Crippen LogP contribution is -2.26. The molecule has 0 unspecified atom stereocenters. The first-order valence-corrected chi connectivity index (χ1v) is 11.5. The first-order valence-electron chi connectivity index (χ1n) is 11.5. The summed E-state index contributed by atoms with van der Waals surface area (Å²) >= 11 is 0. The number of nitrogens with one attached hydrogen (secondary N) is 1. The number of aromatic nitrogens is 4. The summed E-state index contributed by atoms with van der Waals surface area (Å²) in [6, 6.07) is 6.66. The van der Waals surface area contributed by atoms with Crippen molar-refractivity contribution in [3.63, 3.8) is 0 Å². The lowest BCUT2D eigenvalue weighted by atomic mass is 9.87. The molecule has 1 aliphatic carbocycles. The molecule has 7 heteroatoms. The summed E-state index contributed by atoms with van der Waals surface area (Å²) in [4.78, 5) is 9.42. The molecule has 1 saturated carbocycles. The number of anilines is 1. The Labute approximate surface area is 183 Å². The maximum absolute atomic E-state index is 6.20. The van der Waals surface area contributed by atoms with Gasteiger partial charge in [0, 0.05) is 37.5 Å². The van der Waals surface area contributed by atoms with E-state index in [0.29, 0.717) is 24.5 Å². The van der Waals surface area contributed by atoms with E-state index in [9.17, 15) is 0 Å². The summed E-state index contributed by atoms with van der Waals surface area (Å²) in [5, 5.41) is 9.18. The molecule has 0 spiro atoms. The van der Waals surface area contributed by atoms with E-state index in [4.69, 9.17) is 14.5 Å². The zero-order chi connectivity index (χ0) is 21.2. The fraction of sp³-hybridized carbons (Fsp3) is 0.542. The Hall–Kier alpha value is -2.67. The quantitative estimate of drug-likeness (QED) is 0.628. The van der Waals surface area contributed by atoms with Crippen LogP contribution in [-0.2, 0) is 11.8 Å². The second kappa shape index (κ2) is 8.83. The number of benzene rings is 1. The number of hydrogen-bond donors (Lipinski definition) is 1. The maximum atomic E-state index is 6.20. The van der Waals surface area contributed by atoms with Crippen LogP contribution in [0.15, 0.2) is 30.6 Å². The summed E-state index contributed by atoms with van der Waals surface area (Å²) in [5.74, 6) is 2.06. The minimum Gasteiger partial charge on any atom is -0.474 e. The summed E-state index contributed by atoms with van der Waals surface area (Å²) in [5.41, 5.74) is 2.84. The Balaban J connectivity index is 1.41. The van der Waals surface area contributed by atoms with Gasteiger partial charge in [0.2, 0.25) is 11.8 Å². The smallest absolute Gasteiger partial charge is 0.226 e. The van der Waals surface area contributed by atoms with Gasteiger partial charge in [0.25, 0.3) is 0 Å². The van der Waals surface area contributed by atoms with Crippen molar-refractivity contribution in [2.24, 2.45) is 13.0 Å². The van der Waals surface area contributed by atoms with Gasteiger partial charge in [-0.1, -0.05) is 19.1 Å². The molecule has 0 amide bonds. The van der Waals surface area contributed by atoms with Gasteiger partial charge >= 0.3 is 0 Å². The minimum absolute atomic E-state index is 0.136. The second-order valence-corrected chi connectivity index (χ2v) is 9.04. The molecule has 5 rings (SSSR count). The summed E-state index contributed by atoms with van der Waals surface area (Å²) < 4.78 is 13.8. The van der Waals surface area contributed by atoms with E-state index in [-0.39, 0.29) is 6.10 Å². The largest absolute Gasteiger partial charge is 0.474 e. The highest BCUT2D eigenvalue weighted by Crippen LogP contribution is 2.32. The van der Waals surface area contributed by atoms with Gasteiger partial charge in [0.15, 0.2) is 0 Å². The van der Waals surface area contributed by atoms with Crippen molar-refractivity contribution in [3.05, 3.63) is 30.6 Å². The number of rotatable bonds is 6. The van der Waals surface area contributed by atoms with E-state index < -0.39 is 0 Å². The predicted octanol–water partition coefficient (Wildman–Crippen LogP) is 4.58. The van der Waals surface area contributed by atoms with Gasteiger partial charge in [0.1, 0.15) is 6.61 Å². The Bertz CT molecular complexity index is 1040. The average Bonchev–Trinajstić information content (AvgIpc) is 3.42. The highest BCUT2D eigenvalue weighted by molar-refractivity contribution is 5.84. The van der Waals surface area contributed by atoms with Gasteiger partial charge in [-0.2, -0.15) is 10.1 Å². The van der Waals surface area contributed by atoms with E-state index in [2.05, 4.69) is 40.5 Å². The molecule has 2 fully saturated rings. The van der Waals surface area contributed by atoms with Crippen LogP contribution in [0.25, 0.3) is 22.0 Å². The highest BCUT2D eigenvalue weighted by Gasteiger charge is 2.21. The van der Waals surface area contributed by atoms with Crippen LogP contribution in [0.3, 0.4) is 0 Å². The van der Waals surface area contributed by atoms with Crippen LogP contribution in [-0.4, -0.2) is 45.1 Å². The number of aryl methyl sites for hydroxylation is 1. The molecule has 1 atom stereocenters. The average molecular weight is 422 g/mol. The van der Waals surface area contributed by atoms with E-state index in [0.717, 1.165) is 60.2 Å². The van der Waals surface area contributed by atoms with Crippen LogP contribution >= 0.6 is 0 Å². The zero-order valence-electron chi connectivity index (χ0n) is 18.4. The molecule has 31 heavy (non-hydrogen) atoms. The Morgan fingerprint density at radius 1 is 1.19 bits per heavy atom. The Kier molecular flexibility index (Phi) is 5.76. The molecule has 1 saturated heterocycles. The molecule has 0 radical (unpaired) electrons. The first kappa shape index (κ1) is 20.2. The van der Waals surface area contributed by atoms with E-state index in [1.165, 1.54) is 12.8 Å². The SMILES string of the molecule is CC1CCC(Nc2ncc(-c3ccc4cn(C)nc4c3)c(OC[C@H]3CCCO3)n2)CC1. The lowest BCUT2D eigenvalue weighted by Gasteiger charge is -2.27. The summed E-state index contributed by atoms with van der Waals surface area (Å²) in [6.07, 6.45) is 11.0. The van der Waals surface area contributed by atoms with Crippen molar-refractivity contribution in [2.45, 2.75) is 57.6 Å². The van der Waals surface area contributed by atoms with Crippen LogP contribution in [0.5, 0.6) is 5.88 Å². The lowest BCUT2D eigenvalue weighted by molar-refractivity contribution is 0.0665. The molecule has 1 aliphatic heterocycles. The molecular weight excluding hydrogens is 390 g/mol. The van der Waals surface area contributed by atoms with Gasteiger partial charge < -0.3 is 14.8 Å². The second-order valence-electron chi connectivity index (χ2n) is 9.04. The van der Waals surface area contributed by atoms with Crippen molar-refractivity contribution in [3.8, 4) is 17.0 Å². The van der Waals surface area contributed by atoms with Crippen LogP contribution in [0.4, 0.5) is 5.95 Å². The van der Waals surface area contributed by atoms with E-state index in [1.807, 2.05) is 24.1 Å². The monoisotopic (exact) mass is 421 g/mol. The van der Waals surface area contributed by atoms with Gasteiger partial charge in [-0.3, -0.25) is 4.68 Å². The molecule has 2 aliphatic rings. The topological polar surface area (TPSA) is 74.1 Å². The molecule has 2 aromatic heterocycles. The molecule has 3 aromatic rings. The molecule has 1 N–H and O–H groups in total. The number of fused-ring (bicyclic) bond motifs is 1. The summed E-state index contributed by atoms with van der Waals surface area (Å²) in [6.45, 7) is 3.65. The fourth-order valence-corrected chi connectivity index (χ4v) is 4.59. The fourth-order valence-electron chi connectivity index (χ4n) is 4.59. The first-order chi connectivity index (χ1) is 15.1. The third-order valence-electron chi connectivity index (χ3n) is 6.47. The minimum atomic E-state index is 0.136. The number of ether oxygens (including phenoxy) is 2. The van der Waals surface area contributed by atoms with Gasteiger partial charge in [-0.25, -0.2) is 4.98 Å². The summed E-state index contributed by atoms with van der Waals surface area (Å²) in [7, 11) is 1.94. The molecule has 164 valence electrons. The molecule has 7 nitrogen and oxygen atoms in total. The molecular formula is C24H31N5O2. The molecule has 0 bridgehead atoms. The van der Waals surface area contributed by atoms with Crippen molar-refractivity contribution in [2.75, 3.05) is 18.5 Å². The van der Waals surface area contributed by atoms with Gasteiger partial charge in [-0.05, 0) is 56.1 Å². The van der Waals surface area contributed by atoms with E-state index >= 15 is 0 Å². The number of hydrogen-bond acceptors (Lipinski definition) is 6. The van der Waals surface area contributed by atoms with Gasteiger partial charge in [-0.15, -0.1) is 0 Å².